The van der Waals surface area contributed by atoms with Crippen LogP contribution in [0.1, 0.15) is 11.1 Å². The Morgan fingerprint density at radius 2 is 2.11 bits per heavy atom. The van der Waals surface area contributed by atoms with E-state index in [0.717, 1.165) is 15.6 Å². The molecule has 1 aromatic carbocycles. The summed E-state index contributed by atoms with van der Waals surface area (Å²) in [7, 11) is -0.876. The quantitative estimate of drug-likeness (QED) is 0.865. The van der Waals surface area contributed by atoms with E-state index in [4.69, 9.17) is 0 Å². The Bertz CT molecular complexity index is 452. The van der Waals surface area contributed by atoms with Crippen molar-refractivity contribution in [1.29, 1.82) is 0 Å². The Labute approximate surface area is 118 Å². The lowest BCUT2D eigenvalue weighted by Crippen LogP contribution is -2.37. The number of hydrogen-bond donors (Lipinski definition) is 2. The maximum Gasteiger partial charge on any atom is 0.315 e. The molecule has 1 rings (SSSR count). The predicted octanol–water partition coefficient (Wildman–Crippen LogP) is 1.94. The summed E-state index contributed by atoms with van der Waals surface area (Å²) >= 11 is 3.40. The molecule has 0 aliphatic heterocycles. The summed E-state index contributed by atoms with van der Waals surface area (Å²) in [4.78, 5) is 11.4. The standard InChI is InChI=1S/C12H17BrN2O2S/c1-9-7-11(13)4-3-10(9)8-15-12(16)14-5-6-18(2)17/h3-4,7H,5-6,8H2,1-2H3,(H2,14,15,16). The fraction of sp³-hybridized carbons (Fsp3) is 0.417. The summed E-state index contributed by atoms with van der Waals surface area (Å²) in [5, 5.41) is 5.43. The van der Waals surface area contributed by atoms with E-state index in [-0.39, 0.29) is 6.03 Å². The number of amides is 2. The van der Waals surface area contributed by atoms with Crippen molar-refractivity contribution in [1.82, 2.24) is 10.6 Å². The van der Waals surface area contributed by atoms with Crippen molar-refractivity contribution in [2.24, 2.45) is 0 Å². The molecule has 0 heterocycles. The second-order valence-electron chi connectivity index (χ2n) is 3.96. The molecule has 0 aliphatic rings. The van der Waals surface area contributed by atoms with Crippen molar-refractivity contribution in [3.8, 4) is 0 Å². The summed E-state index contributed by atoms with van der Waals surface area (Å²) in [5.41, 5.74) is 2.20. The lowest BCUT2D eigenvalue weighted by Gasteiger charge is -2.09. The number of carbonyl (C=O) groups excluding carboxylic acids is 1. The molecule has 1 atom stereocenters. The van der Waals surface area contributed by atoms with E-state index in [1.807, 2.05) is 25.1 Å². The van der Waals surface area contributed by atoms with Crippen LogP contribution in [0.4, 0.5) is 4.79 Å². The van der Waals surface area contributed by atoms with E-state index < -0.39 is 10.8 Å². The van der Waals surface area contributed by atoms with Crippen LogP contribution in [0.2, 0.25) is 0 Å². The number of urea groups is 1. The van der Waals surface area contributed by atoms with Gasteiger partial charge < -0.3 is 10.6 Å². The van der Waals surface area contributed by atoms with Crippen LogP contribution in [0, 0.1) is 6.92 Å². The smallest absolute Gasteiger partial charge is 0.315 e. The maximum absolute atomic E-state index is 11.4. The van der Waals surface area contributed by atoms with Gasteiger partial charge in [0.1, 0.15) is 0 Å². The van der Waals surface area contributed by atoms with Crippen LogP contribution in [-0.2, 0) is 17.3 Å². The van der Waals surface area contributed by atoms with Crippen molar-refractivity contribution < 1.29 is 9.00 Å². The first-order valence-electron chi connectivity index (χ1n) is 5.56. The first-order valence-corrected chi connectivity index (χ1v) is 8.08. The third-order valence-corrected chi connectivity index (χ3v) is 3.69. The van der Waals surface area contributed by atoms with Gasteiger partial charge in [0.25, 0.3) is 0 Å². The maximum atomic E-state index is 11.4. The van der Waals surface area contributed by atoms with Gasteiger partial charge in [0.2, 0.25) is 0 Å². The van der Waals surface area contributed by atoms with Gasteiger partial charge >= 0.3 is 6.03 Å². The van der Waals surface area contributed by atoms with Crippen LogP contribution < -0.4 is 10.6 Å². The average molecular weight is 333 g/mol. The highest BCUT2D eigenvalue weighted by Gasteiger charge is 2.03. The largest absolute Gasteiger partial charge is 0.337 e. The monoisotopic (exact) mass is 332 g/mol. The third kappa shape index (κ3) is 5.64. The molecule has 0 fully saturated rings. The molecule has 0 radical (unpaired) electrons. The van der Waals surface area contributed by atoms with Gasteiger partial charge in [-0.1, -0.05) is 22.0 Å². The van der Waals surface area contributed by atoms with Crippen molar-refractivity contribution in [3.63, 3.8) is 0 Å². The minimum absolute atomic E-state index is 0.234. The summed E-state index contributed by atoms with van der Waals surface area (Å²) in [5.74, 6) is 0.477. The van der Waals surface area contributed by atoms with E-state index in [9.17, 15) is 9.00 Å². The third-order valence-electron chi connectivity index (χ3n) is 2.42. The van der Waals surface area contributed by atoms with Gasteiger partial charge in [-0.2, -0.15) is 0 Å². The highest BCUT2D eigenvalue weighted by Crippen LogP contribution is 2.15. The molecule has 0 aromatic heterocycles. The molecule has 1 aromatic rings. The van der Waals surface area contributed by atoms with Gasteiger partial charge in [0.15, 0.2) is 0 Å². The van der Waals surface area contributed by atoms with Crippen LogP contribution in [-0.4, -0.2) is 28.8 Å². The molecule has 18 heavy (non-hydrogen) atoms. The lowest BCUT2D eigenvalue weighted by atomic mass is 10.1. The van der Waals surface area contributed by atoms with Crippen LogP contribution in [0.3, 0.4) is 0 Å². The van der Waals surface area contributed by atoms with Gasteiger partial charge in [0.05, 0.1) is 0 Å². The van der Waals surface area contributed by atoms with E-state index in [1.165, 1.54) is 0 Å². The highest BCUT2D eigenvalue weighted by molar-refractivity contribution is 9.10. The first kappa shape index (κ1) is 15.2. The van der Waals surface area contributed by atoms with Gasteiger partial charge in [-0.25, -0.2) is 4.79 Å². The number of nitrogens with one attached hydrogen (secondary N) is 2. The molecule has 100 valence electrons. The van der Waals surface area contributed by atoms with E-state index >= 15 is 0 Å². The normalized spacial score (nSPS) is 11.9. The van der Waals surface area contributed by atoms with Gasteiger partial charge in [0, 0.05) is 40.4 Å². The zero-order valence-corrected chi connectivity index (χ0v) is 12.9. The topological polar surface area (TPSA) is 58.2 Å². The second-order valence-corrected chi connectivity index (χ2v) is 6.43. The lowest BCUT2D eigenvalue weighted by molar-refractivity contribution is 0.241. The molecule has 0 bridgehead atoms. The van der Waals surface area contributed by atoms with Gasteiger partial charge in [-0.3, -0.25) is 4.21 Å². The second kappa shape index (κ2) is 7.53. The summed E-state index contributed by atoms with van der Waals surface area (Å²) in [6, 6.07) is 5.70. The SMILES string of the molecule is Cc1cc(Br)ccc1CNC(=O)NCCS(C)=O. The fourth-order valence-electron chi connectivity index (χ4n) is 1.40. The van der Waals surface area contributed by atoms with Crippen molar-refractivity contribution in [2.75, 3.05) is 18.6 Å². The molecule has 2 N–H and O–H groups in total. The molecule has 0 saturated carbocycles. The van der Waals surface area contributed by atoms with Crippen LogP contribution in [0.15, 0.2) is 22.7 Å². The molecule has 6 heteroatoms. The van der Waals surface area contributed by atoms with E-state index in [2.05, 4.69) is 26.6 Å². The number of carbonyl (C=O) groups is 1. The zero-order chi connectivity index (χ0) is 13.5. The Kier molecular flexibility index (Phi) is 6.35. The van der Waals surface area contributed by atoms with Crippen LogP contribution >= 0.6 is 15.9 Å². The molecule has 0 aliphatic carbocycles. The molecular weight excluding hydrogens is 316 g/mol. The number of halogens is 1. The van der Waals surface area contributed by atoms with Crippen molar-refractivity contribution in [3.05, 3.63) is 33.8 Å². The van der Waals surface area contributed by atoms with Crippen LogP contribution in [0.25, 0.3) is 0 Å². The van der Waals surface area contributed by atoms with E-state index in [0.29, 0.717) is 18.8 Å². The Morgan fingerprint density at radius 1 is 1.39 bits per heavy atom. The number of rotatable bonds is 5. The van der Waals surface area contributed by atoms with Crippen LogP contribution in [0.5, 0.6) is 0 Å². The highest BCUT2D eigenvalue weighted by atomic mass is 79.9. The van der Waals surface area contributed by atoms with Crippen molar-refractivity contribution >= 4 is 32.8 Å². The molecule has 0 spiro atoms. The number of hydrogen-bond acceptors (Lipinski definition) is 2. The molecule has 0 saturated heterocycles. The fourth-order valence-corrected chi connectivity index (χ4v) is 2.27. The summed E-state index contributed by atoms with van der Waals surface area (Å²) in [6.45, 7) is 2.91. The Hall–Kier alpha value is -0.880. The molecular formula is C12H17BrN2O2S. The molecule has 1 unspecified atom stereocenters. The minimum Gasteiger partial charge on any atom is -0.337 e. The Balaban J connectivity index is 2.36. The molecule has 4 nitrogen and oxygen atoms in total. The molecule has 2 amide bonds. The van der Waals surface area contributed by atoms with Gasteiger partial charge in [-0.15, -0.1) is 0 Å². The van der Waals surface area contributed by atoms with Crippen molar-refractivity contribution in [2.45, 2.75) is 13.5 Å². The number of aryl methyl sites for hydroxylation is 1. The Morgan fingerprint density at radius 3 is 2.72 bits per heavy atom. The predicted molar refractivity (Wildman–Crippen MR) is 78.1 cm³/mol. The first-order chi connectivity index (χ1) is 8.49. The van der Waals surface area contributed by atoms with E-state index in [1.54, 1.807) is 6.26 Å². The number of benzene rings is 1. The summed E-state index contributed by atoms with van der Waals surface area (Å²) < 4.78 is 11.8. The average Bonchev–Trinajstić information content (AvgIpc) is 2.27. The zero-order valence-electron chi connectivity index (χ0n) is 10.5. The minimum atomic E-state index is -0.876. The summed E-state index contributed by atoms with van der Waals surface area (Å²) in [6.07, 6.45) is 1.62. The van der Waals surface area contributed by atoms with Gasteiger partial charge in [-0.05, 0) is 30.2 Å².